The zero-order chi connectivity index (χ0) is 19.2. The molecule has 1 aromatic carbocycles. The van der Waals surface area contributed by atoms with Gasteiger partial charge in [-0.05, 0) is 18.9 Å². The molecule has 26 heavy (non-hydrogen) atoms. The fourth-order valence-electron chi connectivity index (χ4n) is 2.17. The number of primary amides is 1. The molecular weight excluding hydrogens is 366 g/mol. The number of nitrogens with zero attached hydrogens (tertiary/aromatic N) is 2. The molecule has 0 aliphatic heterocycles. The SMILES string of the molecule is COc1cc2c(NCCCCNS(=O)(=O)OC(N)=O)ncnc2cc1O. The Kier molecular flexibility index (Phi) is 6.36. The lowest BCUT2D eigenvalue weighted by Crippen LogP contribution is -2.31. The summed E-state index contributed by atoms with van der Waals surface area (Å²) in [7, 11) is -2.72. The number of carbonyl (C=O) groups excluding carboxylic acids is 1. The summed E-state index contributed by atoms with van der Waals surface area (Å²) in [6, 6.07) is 3.11. The number of aromatic nitrogens is 2. The van der Waals surface area contributed by atoms with Crippen LogP contribution in [0.3, 0.4) is 0 Å². The number of nitrogens with two attached hydrogens (primary N) is 1. The average Bonchev–Trinajstić information content (AvgIpc) is 2.56. The van der Waals surface area contributed by atoms with Crippen molar-refractivity contribution in [3.05, 3.63) is 18.5 Å². The number of amides is 1. The molecule has 1 amide bonds. The zero-order valence-corrected chi connectivity index (χ0v) is 14.7. The molecule has 0 unspecified atom stereocenters. The van der Waals surface area contributed by atoms with Gasteiger partial charge in [0, 0.05) is 24.5 Å². The summed E-state index contributed by atoms with van der Waals surface area (Å²) >= 11 is 0. The Morgan fingerprint density at radius 3 is 2.69 bits per heavy atom. The van der Waals surface area contributed by atoms with E-state index in [0.29, 0.717) is 41.9 Å². The number of carbonyl (C=O) groups is 1. The molecule has 0 spiro atoms. The van der Waals surface area contributed by atoms with Crippen LogP contribution in [0.1, 0.15) is 12.8 Å². The molecule has 2 aromatic rings. The minimum absolute atomic E-state index is 0.0184. The fraction of sp³-hybridized carbons (Fsp3) is 0.357. The Balaban J connectivity index is 1.87. The molecule has 142 valence electrons. The topological polar surface area (TPSA) is 166 Å². The van der Waals surface area contributed by atoms with E-state index in [1.807, 2.05) is 0 Å². The van der Waals surface area contributed by atoms with Gasteiger partial charge in [-0.15, -0.1) is 0 Å². The van der Waals surface area contributed by atoms with Crippen molar-refractivity contribution in [2.75, 3.05) is 25.5 Å². The van der Waals surface area contributed by atoms with Crippen molar-refractivity contribution in [1.82, 2.24) is 14.7 Å². The number of rotatable bonds is 9. The maximum Gasteiger partial charge on any atom is 0.421 e. The van der Waals surface area contributed by atoms with Crippen LogP contribution in [0, 0.1) is 0 Å². The number of ether oxygens (including phenoxy) is 1. The van der Waals surface area contributed by atoms with Gasteiger partial charge in [0.25, 0.3) is 0 Å². The second kappa shape index (κ2) is 8.49. The van der Waals surface area contributed by atoms with E-state index in [-0.39, 0.29) is 12.3 Å². The molecule has 0 radical (unpaired) electrons. The standard InChI is InChI=1S/C14H19N5O6S/c1-24-12-6-9-10(7-11(12)20)17-8-18-13(9)16-4-2-3-5-19-26(22,23)25-14(15)21/h6-8,19-20H,2-5H2,1H3,(H2,15,21)(H,16,17,18). The molecule has 1 aromatic heterocycles. The van der Waals surface area contributed by atoms with E-state index in [1.165, 1.54) is 19.5 Å². The molecule has 11 nitrogen and oxygen atoms in total. The molecule has 0 atom stereocenters. The Hall–Kier alpha value is -2.86. The van der Waals surface area contributed by atoms with Crippen molar-refractivity contribution in [2.45, 2.75) is 12.8 Å². The summed E-state index contributed by atoms with van der Waals surface area (Å²) in [4.78, 5) is 18.7. The van der Waals surface area contributed by atoms with Crippen molar-refractivity contribution >= 4 is 33.1 Å². The summed E-state index contributed by atoms with van der Waals surface area (Å²) in [6.07, 6.45) is 1.07. The predicted octanol–water partition coefficient (Wildman–Crippen LogP) is 0.466. The third-order valence-electron chi connectivity index (χ3n) is 3.30. The van der Waals surface area contributed by atoms with Crippen LogP contribution in [0.15, 0.2) is 18.5 Å². The highest BCUT2D eigenvalue weighted by Crippen LogP contribution is 2.32. The summed E-state index contributed by atoms with van der Waals surface area (Å²) in [5, 5.41) is 13.6. The van der Waals surface area contributed by atoms with Crippen LogP contribution < -0.4 is 20.5 Å². The fourth-order valence-corrected chi connectivity index (χ4v) is 2.84. The summed E-state index contributed by atoms with van der Waals surface area (Å²) in [6.45, 7) is 0.594. The second-order valence-corrected chi connectivity index (χ2v) is 6.51. The normalized spacial score (nSPS) is 11.3. The second-order valence-electron chi connectivity index (χ2n) is 5.15. The van der Waals surface area contributed by atoms with Crippen molar-refractivity contribution in [3.8, 4) is 11.5 Å². The molecule has 12 heteroatoms. The van der Waals surface area contributed by atoms with Gasteiger partial charge in [0.2, 0.25) is 0 Å². The van der Waals surface area contributed by atoms with Crippen LogP contribution in [0.2, 0.25) is 0 Å². The van der Waals surface area contributed by atoms with E-state index >= 15 is 0 Å². The lowest BCUT2D eigenvalue weighted by atomic mass is 10.2. The highest BCUT2D eigenvalue weighted by molar-refractivity contribution is 7.85. The van der Waals surface area contributed by atoms with Gasteiger partial charge in [-0.2, -0.15) is 13.1 Å². The molecule has 0 fully saturated rings. The molecule has 5 N–H and O–H groups in total. The molecule has 0 saturated heterocycles. The summed E-state index contributed by atoms with van der Waals surface area (Å²) in [5.41, 5.74) is 5.20. The number of nitrogens with one attached hydrogen (secondary N) is 2. The number of aromatic hydroxyl groups is 1. The van der Waals surface area contributed by atoms with Crippen LogP contribution in [-0.2, 0) is 14.5 Å². The highest BCUT2D eigenvalue weighted by Gasteiger charge is 2.13. The maximum atomic E-state index is 11.2. The third kappa shape index (κ3) is 5.32. The van der Waals surface area contributed by atoms with Crippen molar-refractivity contribution in [1.29, 1.82) is 0 Å². The quantitative estimate of drug-likeness (QED) is 0.449. The van der Waals surface area contributed by atoms with Crippen LogP contribution >= 0.6 is 0 Å². The van der Waals surface area contributed by atoms with Crippen molar-refractivity contribution < 1.29 is 27.2 Å². The minimum Gasteiger partial charge on any atom is -0.504 e. The van der Waals surface area contributed by atoms with Crippen LogP contribution in [0.25, 0.3) is 10.9 Å². The molecule has 1 heterocycles. The Morgan fingerprint density at radius 2 is 2.00 bits per heavy atom. The van der Waals surface area contributed by atoms with Gasteiger partial charge in [-0.25, -0.2) is 14.8 Å². The summed E-state index contributed by atoms with van der Waals surface area (Å²) < 4.78 is 33.6. The first kappa shape index (κ1) is 19.5. The number of anilines is 1. The number of unbranched alkanes of at least 4 members (excludes halogenated alkanes) is 1. The number of benzene rings is 1. The molecule has 0 aliphatic carbocycles. The van der Waals surface area contributed by atoms with E-state index < -0.39 is 16.4 Å². The van der Waals surface area contributed by atoms with Crippen LogP contribution in [0.5, 0.6) is 11.5 Å². The van der Waals surface area contributed by atoms with E-state index in [0.717, 1.165) is 0 Å². The van der Waals surface area contributed by atoms with Gasteiger partial charge in [-0.1, -0.05) is 0 Å². The van der Waals surface area contributed by atoms with Gasteiger partial charge in [0.15, 0.2) is 11.5 Å². The average molecular weight is 385 g/mol. The van der Waals surface area contributed by atoms with E-state index in [4.69, 9.17) is 4.74 Å². The number of methoxy groups -OCH3 is 1. The third-order valence-corrected chi connectivity index (χ3v) is 4.24. The van der Waals surface area contributed by atoms with Crippen LogP contribution in [0.4, 0.5) is 10.6 Å². The number of fused-ring (bicyclic) bond motifs is 1. The summed E-state index contributed by atoms with van der Waals surface area (Å²) in [5.74, 6) is 0.847. The predicted molar refractivity (Wildman–Crippen MR) is 93.1 cm³/mol. The van der Waals surface area contributed by atoms with E-state index in [9.17, 15) is 18.3 Å². The van der Waals surface area contributed by atoms with Crippen molar-refractivity contribution in [2.24, 2.45) is 5.73 Å². The Bertz CT molecular complexity index is 889. The first-order valence-electron chi connectivity index (χ1n) is 7.56. The van der Waals surface area contributed by atoms with Gasteiger partial charge < -0.3 is 25.1 Å². The number of phenolic OH excluding ortho intramolecular Hbond substituents is 1. The number of hydrogen-bond acceptors (Lipinski definition) is 9. The largest absolute Gasteiger partial charge is 0.504 e. The monoisotopic (exact) mass is 385 g/mol. The lowest BCUT2D eigenvalue weighted by Gasteiger charge is -2.10. The smallest absolute Gasteiger partial charge is 0.421 e. The van der Waals surface area contributed by atoms with Gasteiger partial charge in [0.1, 0.15) is 12.1 Å². The maximum absolute atomic E-state index is 11.2. The van der Waals surface area contributed by atoms with Gasteiger partial charge >= 0.3 is 16.4 Å². The first-order valence-corrected chi connectivity index (χ1v) is 8.97. The van der Waals surface area contributed by atoms with E-state index in [1.54, 1.807) is 6.07 Å². The lowest BCUT2D eigenvalue weighted by molar-refractivity contribution is 0.212. The highest BCUT2D eigenvalue weighted by atomic mass is 32.2. The van der Waals surface area contributed by atoms with E-state index in [2.05, 4.69) is 29.9 Å². The number of hydrogen-bond donors (Lipinski definition) is 4. The first-order chi connectivity index (χ1) is 12.3. The van der Waals surface area contributed by atoms with Gasteiger partial charge in [0.05, 0.1) is 12.6 Å². The number of phenols is 1. The molecule has 0 saturated carbocycles. The Morgan fingerprint density at radius 1 is 1.27 bits per heavy atom. The minimum atomic E-state index is -4.16. The molecule has 2 rings (SSSR count). The molecular formula is C14H19N5O6S. The van der Waals surface area contributed by atoms with Gasteiger partial charge in [-0.3, -0.25) is 0 Å². The van der Waals surface area contributed by atoms with Crippen molar-refractivity contribution in [3.63, 3.8) is 0 Å². The molecule has 0 aliphatic rings. The van der Waals surface area contributed by atoms with Crippen LogP contribution in [-0.4, -0.2) is 49.8 Å². The zero-order valence-electron chi connectivity index (χ0n) is 13.9. The Labute approximate surface area is 149 Å². The molecule has 0 bridgehead atoms.